The molecule has 0 spiro atoms. The fourth-order valence-corrected chi connectivity index (χ4v) is 2.84. The molecule has 0 saturated carbocycles. The SMILES string of the molecule is COc1ccc(CCNC(=O)CCC2CCNC2)c(Cl)c1. The molecule has 1 amide bonds. The van der Waals surface area contributed by atoms with E-state index in [9.17, 15) is 4.79 Å². The van der Waals surface area contributed by atoms with Crippen molar-refractivity contribution in [2.45, 2.75) is 25.7 Å². The predicted octanol–water partition coefficient (Wildman–Crippen LogP) is 2.40. The molecule has 4 nitrogen and oxygen atoms in total. The standard InChI is InChI=1S/C16H23ClN2O2/c1-21-14-4-3-13(15(17)10-14)7-9-19-16(20)5-2-12-6-8-18-11-12/h3-4,10,12,18H,2,5-9,11H2,1H3,(H,19,20). The van der Waals surface area contributed by atoms with Gasteiger partial charge in [0.15, 0.2) is 0 Å². The van der Waals surface area contributed by atoms with Gasteiger partial charge in [0.05, 0.1) is 7.11 Å². The molecule has 1 unspecified atom stereocenters. The van der Waals surface area contributed by atoms with Crippen LogP contribution in [0.1, 0.15) is 24.8 Å². The normalized spacial score (nSPS) is 17.7. The van der Waals surface area contributed by atoms with Gasteiger partial charge in [-0.25, -0.2) is 0 Å². The number of rotatable bonds is 7. The Bertz CT molecular complexity index is 473. The number of hydrogen-bond acceptors (Lipinski definition) is 3. The quantitative estimate of drug-likeness (QED) is 0.813. The van der Waals surface area contributed by atoms with E-state index < -0.39 is 0 Å². The molecule has 5 heteroatoms. The summed E-state index contributed by atoms with van der Waals surface area (Å²) in [6, 6.07) is 5.62. The summed E-state index contributed by atoms with van der Waals surface area (Å²) >= 11 is 6.17. The van der Waals surface area contributed by atoms with Crippen LogP contribution in [0.5, 0.6) is 5.75 Å². The summed E-state index contributed by atoms with van der Waals surface area (Å²) in [6.45, 7) is 2.75. The fraction of sp³-hybridized carbons (Fsp3) is 0.562. The summed E-state index contributed by atoms with van der Waals surface area (Å²) in [5, 5.41) is 6.96. The minimum absolute atomic E-state index is 0.131. The zero-order valence-electron chi connectivity index (χ0n) is 12.5. The van der Waals surface area contributed by atoms with E-state index in [1.165, 1.54) is 6.42 Å². The number of carbonyl (C=O) groups is 1. The first-order chi connectivity index (χ1) is 10.2. The first-order valence-corrected chi connectivity index (χ1v) is 7.86. The van der Waals surface area contributed by atoms with E-state index in [1.807, 2.05) is 12.1 Å². The van der Waals surface area contributed by atoms with Crippen LogP contribution in [0.15, 0.2) is 18.2 Å². The van der Waals surface area contributed by atoms with E-state index in [0.29, 0.717) is 23.9 Å². The summed E-state index contributed by atoms with van der Waals surface area (Å²) < 4.78 is 5.11. The van der Waals surface area contributed by atoms with Crippen molar-refractivity contribution in [1.82, 2.24) is 10.6 Å². The lowest BCUT2D eigenvalue weighted by atomic mass is 10.0. The van der Waals surface area contributed by atoms with Gasteiger partial charge in [0.25, 0.3) is 0 Å². The Morgan fingerprint density at radius 2 is 2.38 bits per heavy atom. The highest BCUT2D eigenvalue weighted by Crippen LogP contribution is 2.22. The van der Waals surface area contributed by atoms with Crippen LogP contribution >= 0.6 is 11.6 Å². The van der Waals surface area contributed by atoms with Crippen molar-refractivity contribution >= 4 is 17.5 Å². The van der Waals surface area contributed by atoms with Crippen molar-refractivity contribution in [3.63, 3.8) is 0 Å². The molecule has 1 atom stereocenters. The van der Waals surface area contributed by atoms with Crippen LogP contribution in [-0.2, 0) is 11.2 Å². The van der Waals surface area contributed by atoms with E-state index in [-0.39, 0.29) is 5.91 Å². The van der Waals surface area contributed by atoms with Crippen molar-refractivity contribution in [3.8, 4) is 5.75 Å². The Morgan fingerprint density at radius 1 is 1.52 bits per heavy atom. The van der Waals surface area contributed by atoms with E-state index in [0.717, 1.165) is 37.2 Å². The van der Waals surface area contributed by atoms with Crippen LogP contribution in [0.2, 0.25) is 5.02 Å². The lowest BCUT2D eigenvalue weighted by molar-refractivity contribution is -0.121. The van der Waals surface area contributed by atoms with E-state index in [1.54, 1.807) is 13.2 Å². The first-order valence-electron chi connectivity index (χ1n) is 7.49. The van der Waals surface area contributed by atoms with Crippen molar-refractivity contribution in [2.75, 3.05) is 26.7 Å². The smallest absolute Gasteiger partial charge is 0.220 e. The molecule has 116 valence electrons. The second kappa shape index (κ2) is 8.25. The highest BCUT2D eigenvalue weighted by molar-refractivity contribution is 6.31. The van der Waals surface area contributed by atoms with Crippen molar-refractivity contribution in [1.29, 1.82) is 0 Å². The highest BCUT2D eigenvalue weighted by atomic mass is 35.5. The lowest BCUT2D eigenvalue weighted by Gasteiger charge is -2.10. The number of amides is 1. The van der Waals surface area contributed by atoms with Gasteiger partial charge < -0.3 is 15.4 Å². The highest BCUT2D eigenvalue weighted by Gasteiger charge is 2.15. The maximum atomic E-state index is 11.8. The van der Waals surface area contributed by atoms with E-state index in [2.05, 4.69) is 10.6 Å². The first kappa shape index (κ1) is 16.1. The molecule has 1 saturated heterocycles. The molecule has 0 aliphatic carbocycles. The minimum Gasteiger partial charge on any atom is -0.497 e. The summed E-state index contributed by atoms with van der Waals surface area (Å²) in [6.07, 6.45) is 3.51. The number of halogens is 1. The van der Waals surface area contributed by atoms with Gasteiger partial charge >= 0.3 is 0 Å². The number of ether oxygens (including phenoxy) is 1. The molecule has 0 aromatic heterocycles. The Hall–Kier alpha value is -1.26. The average molecular weight is 311 g/mol. The monoisotopic (exact) mass is 310 g/mol. The van der Waals surface area contributed by atoms with Crippen LogP contribution in [-0.4, -0.2) is 32.7 Å². The van der Waals surface area contributed by atoms with Gasteiger partial charge in [0.1, 0.15) is 5.75 Å². The van der Waals surface area contributed by atoms with Gasteiger partial charge in [-0.3, -0.25) is 4.79 Å². The summed E-state index contributed by atoms with van der Waals surface area (Å²) in [5.74, 6) is 1.54. The number of methoxy groups -OCH3 is 1. The van der Waals surface area contributed by atoms with E-state index >= 15 is 0 Å². The summed E-state index contributed by atoms with van der Waals surface area (Å²) in [7, 11) is 1.62. The minimum atomic E-state index is 0.131. The zero-order valence-corrected chi connectivity index (χ0v) is 13.2. The van der Waals surface area contributed by atoms with Gasteiger partial charge in [-0.15, -0.1) is 0 Å². The van der Waals surface area contributed by atoms with Crippen LogP contribution in [0.3, 0.4) is 0 Å². The molecule has 0 radical (unpaired) electrons. The van der Waals surface area contributed by atoms with Gasteiger partial charge in [-0.05, 0) is 56.0 Å². The topological polar surface area (TPSA) is 50.4 Å². The van der Waals surface area contributed by atoms with Crippen LogP contribution < -0.4 is 15.4 Å². The van der Waals surface area contributed by atoms with Crippen LogP contribution in [0, 0.1) is 5.92 Å². The number of carbonyl (C=O) groups excluding carboxylic acids is 1. The van der Waals surface area contributed by atoms with Crippen LogP contribution in [0.4, 0.5) is 0 Å². The van der Waals surface area contributed by atoms with Gasteiger partial charge in [-0.2, -0.15) is 0 Å². The number of hydrogen-bond donors (Lipinski definition) is 2. The number of benzene rings is 1. The largest absolute Gasteiger partial charge is 0.497 e. The third-order valence-corrected chi connectivity index (χ3v) is 4.27. The van der Waals surface area contributed by atoms with E-state index in [4.69, 9.17) is 16.3 Å². The molecular formula is C16H23ClN2O2. The molecule has 2 rings (SSSR count). The molecule has 0 bridgehead atoms. The zero-order chi connectivity index (χ0) is 15.1. The molecule has 1 aromatic carbocycles. The molecule has 2 N–H and O–H groups in total. The second-order valence-electron chi connectivity index (χ2n) is 5.45. The Labute approximate surface area is 131 Å². The fourth-order valence-electron chi connectivity index (χ4n) is 2.58. The Morgan fingerprint density at radius 3 is 3.05 bits per heavy atom. The molecule has 1 fully saturated rings. The number of nitrogens with one attached hydrogen (secondary N) is 2. The molecule has 21 heavy (non-hydrogen) atoms. The third-order valence-electron chi connectivity index (χ3n) is 3.92. The second-order valence-corrected chi connectivity index (χ2v) is 5.86. The molecule has 1 aliphatic rings. The third kappa shape index (κ3) is 5.21. The van der Waals surface area contributed by atoms with Crippen LogP contribution in [0.25, 0.3) is 0 Å². The maximum Gasteiger partial charge on any atom is 0.220 e. The molecular weight excluding hydrogens is 288 g/mol. The molecule has 1 aromatic rings. The molecule has 1 heterocycles. The van der Waals surface area contributed by atoms with Crippen molar-refractivity contribution in [3.05, 3.63) is 28.8 Å². The van der Waals surface area contributed by atoms with Crippen molar-refractivity contribution in [2.24, 2.45) is 5.92 Å². The van der Waals surface area contributed by atoms with Gasteiger partial charge in [0.2, 0.25) is 5.91 Å². The Balaban J connectivity index is 1.67. The van der Waals surface area contributed by atoms with Crippen molar-refractivity contribution < 1.29 is 9.53 Å². The average Bonchev–Trinajstić information content (AvgIpc) is 3.00. The Kier molecular flexibility index (Phi) is 6.33. The van der Waals surface area contributed by atoms with Gasteiger partial charge in [-0.1, -0.05) is 17.7 Å². The predicted molar refractivity (Wildman–Crippen MR) is 84.9 cm³/mol. The summed E-state index contributed by atoms with van der Waals surface area (Å²) in [5.41, 5.74) is 1.03. The lowest BCUT2D eigenvalue weighted by Crippen LogP contribution is -2.26. The molecule has 1 aliphatic heterocycles. The maximum absolute atomic E-state index is 11.8. The van der Waals surface area contributed by atoms with Gasteiger partial charge in [0, 0.05) is 18.0 Å². The summed E-state index contributed by atoms with van der Waals surface area (Å²) in [4.78, 5) is 11.8.